The molecule has 1 aliphatic heterocycles. The minimum absolute atomic E-state index is 0.357. The van der Waals surface area contributed by atoms with E-state index in [-0.39, 0.29) is 0 Å². The molecular weight excluding hydrogens is 210 g/mol. The highest BCUT2D eigenvalue weighted by atomic mass is 16.1. The van der Waals surface area contributed by atoms with E-state index in [9.17, 15) is 4.79 Å². The summed E-state index contributed by atoms with van der Waals surface area (Å²) in [6.45, 7) is 4.57. The second kappa shape index (κ2) is 6.53. The van der Waals surface area contributed by atoms with Crippen LogP contribution in [0.2, 0.25) is 0 Å². The third-order valence-electron chi connectivity index (χ3n) is 4.61. The standard InChI is InChI=1S/C15H27NO/c1-2-14-9-4-3-7-11-16(14)12-13-8-5-6-10-15(13)17/h13-14H,2-12H2,1H3. The first-order valence-corrected chi connectivity index (χ1v) is 7.58. The Bertz CT molecular complexity index is 251. The van der Waals surface area contributed by atoms with Gasteiger partial charge < -0.3 is 0 Å². The molecule has 1 aliphatic carbocycles. The molecule has 0 aromatic rings. The first kappa shape index (κ1) is 13.1. The lowest BCUT2D eigenvalue weighted by molar-refractivity contribution is -0.125. The van der Waals surface area contributed by atoms with Crippen LogP contribution in [0.25, 0.3) is 0 Å². The lowest BCUT2D eigenvalue weighted by Gasteiger charge is -2.33. The fourth-order valence-corrected chi connectivity index (χ4v) is 3.47. The summed E-state index contributed by atoms with van der Waals surface area (Å²) in [7, 11) is 0. The van der Waals surface area contributed by atoms with Crippen LogP contribution < -0.4 is 0 Å². The maximum atomic E-state index is 11.9. The second-order valence-corrected chi connectivity index (χ2v) is 5.82. The van der Waals surface area contributed by atoms with Gasteiger partial charge in [0.15, 0.2) is 0 Å². The zero-order valence-electron chi connectivity index (χ0n) is 11.3. The van der Waals surface area contributed by atoms with E-state index in [1.54, 1.807) is 0 Å². The van der Waals surface area contributed by atoms with Crippen LogP contribution in [0.15, 0.2) is 0 Å². The van der Waals surface area contributed by atoms with Crippen LogP contribution in [0.3, 0.4) is 0 Å². The number of nitrogens with zero attached hydrogens (tertiary/aromatic N) is 1. The molecule has 0 radical (unpaired) electrons. The van der Waals surface area contributed by atoms with Gasteiger partial charge in [-0.2, -0.15) is 0 Å². The molecule has 1 saturated carbocycles. The minimum atomic E-state index is 0.357. The Morgan fingerprint density at radius 2 is 1.94 bits per heavy atom. The van der Waals surface area contributed by atoms with Gasteiger partial charge in [-0.05, 0) is 38.6 Å². The van der Waals surface area contributed by atoms with Gasteiger partial charge in [0.25, 0.3) is 0 Å². The molecule has 2 aliphatic rings. The molecule has 1 heterocycles. The van der Waals surface area contributed by atoms with Gasteiger partial charge in [-0.3, -0.25) is 9.69 Å². The summed E-state index contributed by atoms with van der Waals surface area (Å²) in [6.07, 6.45) is 11.1. The van der Waals surface area contributed by atoms with Crippen LogP contribution in [0.4, 0.5) is 0 Å². The number of ketones is 1. The molecule has 0 amide bonds. The van der Waals surface area contributed by atoms with Crippen LogP contribution in [0.1, 0.15) is 64.7 Å². The molecular formula is C15H27NO. The van der Waals surface area contributed by atoms with Crippen LogP contribution >= 0.6 is 0 Å². The van der Waals surface area contributed by atoms with Gasteiger partial charge in [0, 0.05) is 24.9 Å². The Kier molecular flexibility index (Phi) is 5.02. The second-order valence-electron chi connectivity index (χ2n) is 5.82. The van der Waals surface area contributed by atoms with Crippen molar-refractivity contribution < 1.29 is 4.79 Å². The van der Waals surface area contributed by atoms with Gasteiger partial charge in [0.1, 0.15) is 5.78 Å². The average molecular weight is 237 g/mol. The normalized spacial score (nSPS) is 32.4. The minimum Gasteiger partial charge on any atom is -0.300 e. The monoisotopic (exact) mass is 237 g/mol. The maximum absolute atomic E-state index is 11.9. The highest BCUT2D eigenvalue weighted by molar-refractivity contribution is 5.81. The van der Waals surface area contributed by atoms with E-state index in [0.717, 1.165) is 31.8 Å². The Balaban J connectivity index is 1.91. The number of hydrogen-bond acceptors (Lipinski definition) is 2. The molecule has 0 spiro atoms. The molecule has 2 unspecified atom stereocenters. The number of rotatable bonds is 3. The van der Waals surface area contributed by atoms with E-state index in [4.69, 9.17) is 0 Å². The summed E-state index contributed by atoms with van der Waals surface area (Å²) < 4.78 is 0. The summed E-state index contributed by atoms with van der Waals surface area (Å²) in [4.78, 5) is 14.5. The van der Waals surface area contributed by atoms with E-state index in [0.29, 0.717) is 11.7 Å². The zero-order valence-corrected chi connectivity index (χ0v) is 11.3. The molecule has 1 saturated heterocycles. The molecule has 0 N–H and O–H groups in total. The van der Waals surface area contributed by atoms with Crippen LogP contribution in [-0.2, 0) is 4.79 Å². The molecule has 2 rings (SSSR count). The lowest BCUT2D eigenvalue weighted by atomic mass is 9.87. The van der Waals surface area contributed by atoms with Gasteiger partial charge in [-0.15, -0.1) is 0 Å². The van der Waals surface area contributed by atoms with Crippen LogP contribution in [0, 0.1) is 5.92 Å². The van der Waals surface area contributed by atoms with E-state index in [2.05, 4.69) is 11.8 Å². The Morgan fingerprint density at radius 1 is 1.12 bits per heavy atom. The topological polar surface area (TPSA) is 20.3 Å². The lowest BCUT2D eigenvalue weighted by Crippen LogP contribution is -2.40. The van der Waals surface area contributed by atoms with Gasteiger partial charge in [-0.1, -0.05) is 26.2 Å². The molecule has 2 nitrogen and oxygen atoms in total. The van der Waals surface area contributed by atoms with Crippen molar-refractivity contribution >= 4 is 5.78 Å². The Labute approximate surface area is 106 Å². The van der Waals surface area contributed by atoms with Crippen molar-refractivity contribution in [2.24, 2.45) is 5.92 Å². The third-order valence-corrected chi connectivity index (χ3v) is 4.61. The first-order valence-electron chi connectivity index (χ1n) is 7.58. The molecule has 98 valence electrons. The molecule has 17 heavy (non-hydrogen) atoms. The third kappa shape index (κ3) is 3.54. The SMILES string of the molecule is CCC1CCCCCN1CC1CCCCC1=O. The summed E-state index contributed by atoms with van der Waals surface area (Å²) in [5, 5.41) is 0. The molecule has 0 aromatic heterocycles. The Morgan fingerprint density at radius 3 is 2.71 bits per heavy atom. The predicted molar refractivity (Wildman–Crippen MR) is 71.1 cm³/mol. The van der Waals surface area contributed by atoms with Crippen molar-refractivity contribution in [3.8, 4) is 0 Å². The van der Waals surface area contributed by atoms with Crippen molar-refractivity contribution in [2.45, 2.75) is 70.8 Å². The number of carbonyl (C=O) groups excluding carboxylic acids is 1. The fourth-order valence-electron chi connectivity index (χ4n) is 3.47. The van der Waals surface area contributed by atoms with Crippen molar-refractivity contribution in [3.63, 3.8) is 0 Å². The van der Waals surface area contributed by atoms with Crippen molar-refractivity contribution in [1.82, 2.24) is 4.90 Å². The molecule has 2 fully saturated rings. The quantitative estimate of drug-likeness (QED) is 0.750. The zero-order chi connectivity index (χ0) is 12.1. The smallest absolute Gasteiger partial charge is 0.137 e. The largest absolute Gasteiger partial charge is 0.300 e. The van der Waals surface area contributed by atoms with Gasteiger partial charge in [0.05, 0.1) is 0 Å². The van der Waals surface area contributed by atoms with E-state index >= 15 is 0 Å². The number of Topliss-reactive ketones (excluding diaryl/α,β-unsaturated/α-hetero) is 1. The van der Waals surface area contributed by atoms with Gasteiger partial charge in [0.2, 0.25) is 0 Å². The van der Waals surface area contributed by atoms with Gasteiger partial charge in [-0.25, -0.2) is 0 Å². The first-order chi connectivity index (χ1) is 8.31. The average Bonchev–Trinajstić information content (AvgIpc) is 2.57. The highest BCUT2D eigenvalue weighted by Crippen LogP contribution is 2.25. The molecule has 0 bridgehead atoms. The summed E-state index contributed by atoms with van der Waals surface area (Å²) >= 11 is 0. The molecule has 2 heteroatoms. The van der Waals surface area contributed by atoms with Crippen molar-refractivity contribution in [1.29, 1.82) is 0 Å². The maximum Gasteiger partial charge on any atom is 0.137 e. The van der Waals surface area contributed by atoms with Crippen molar-refractivity contribution in [3.05, 3.63) is 0 Å². The van der Waals surface area contributed by atoms with Crippen molar-refractivity contribution in [2.75, 3.05) is 13.1 Å². The summed E-state index contributed by atoms with van der Waals surface area (Å²) in [5.41, 5.74) is 0. The number of carbonyl (C=O) groups is 1. The van der Waals surface area contributed by atoms with E-state index in [1.807, 2.05) is 0 Å². The predicted octanol–water partition coefficient (Wildman–Crippen LogP) is 3.40. The highest BCUT2D eigenvalue weighted by Gasteiger charge is 2.27. The van der Waals surface area contributed by atoms with Crippen LogP contribution in [0.5, 0.6) is 0 Å². The Hall–Kier alpha value is -0.370. The van der Waals surface area contributed by atoms with E-state index < -0.39 is 0 Å². The fraction of sp³-hybridized carbons (Fsp3) is 0.933. The van der Waals surface area contributed by atoms with E-state index in [1.165, 1.54) is 45.1 Å². The molecule has 0 aromatic carbocycles. The number of hydrogen-bond donors (Lipinski definition) is 0. The summed E-state index contributed by atoms with van der Waals surface area (Å²) in [6, 6.07) is 0.743. The van der Waals surface area contributed by atoms with Gasteiger partial charge >= 0.3 is 0 Å². The molecule has 2 atom stereocenters. The van der Waals surface area contributed by atoms with Crippen LogP contribution in [-0.4, -0.2) is 29.8 Å². The summed E-state index contributed by atoms with van der Waals surface area (Å²) in [5.74, 6) is 0.895. The number of likely N-dealkylation sites (tertiary alicyclic amines) is 1.